The molecule has 146 valence electrons. The van der Waals surface area contributed by atoms with E-state index in [1.54, 1.807) is 0 Å². The van der Waals surface area contributed by atoms with Crippen LogP contribution in [-0.4, -0.2) is 19.5 Å². The Morgan fingerprint density at radius 1 is 0.667 bits per heavy atom. The minimum atomic E-state index is 0.740. The van der Waals surface area contributed by atoms with Crippen molar-refractivity contribution in [2.75, 3.05) is 0 Å². The summed E-state index contributed by atoms with van der Waals surface area (Å²) >= 11 is 0. The number of aryl methyl sites for hydroxylation is 3. The highest BCUT2D eigenvalue weighted by Crippen LogP contribution is 2.26. The van der Waals surface area contributed by atoms with Crippen LogP contribution in [0.5, 0.6) is 0 Å². The first-order valence-corrected chi connectivity index (χ1v) is 10.2. The molecular weight excluding hydrogens is 368 g/mol. The number of hydrogen-bond donors (Lipinski definition) is 0. The van der Waals surface area contributed by atoms with Crippen LogP contribution in [-0.2, 0) is 19.9 Å². The topological polar surface area (TPSA) is 43.6 Å². The molecule has 5 rings (SSSR count). The number of imidazole rings is 1. The highest BCUT2D eigenvalue weighted by atomic mass is 15.0. The maximum Gasteiger partial charge on any atom is 0.130 e. The van der Waals surface area contributed by atoms with Crippen LogP contribution < -0.4 is 0 Å². The molecule has 30 heavy (non-hydrogen) atoms. The van der Waals surface area contributed by atoms with Gasteiger partial charge in [-0.3, -0.25) is 0 Å². The van der Waals surface area contributed by atoms with Crippen molar-refractivity contribution in [1.82, 2.24) is 19.5 Å². The van der Waals surface area contributed by atoms with E-state index in [1.807, 2.05) is 55.6 Å². The van der Waals surface area contributed by atoms with Crippen molar-refractivity contribution < 1.29 is 0 Å². The smallest absolute Gasteiger partial charge is 0.130 e. The molecule has 2 aromatic heterocycles. The molecule has 4 nitrogen and oxygen atoms in total. The van der Waals surface area contributed by atoms with E-state index >= 15 is 0 Å². The van der Waals surface area contributed by atoms with Gasteiger partial charge < -0.3 is 4.57 Å². The van der Waals surface area contributed by atoms with Gasteiger partial charge >= 0.3 is 0 Å². The van der Waals surface area contributed by atoms with Gasteiger partial charge in [-0.1, -0.05) is 78.9 Å². The molecular formula is C26H22N4. The Balaban J connectivity index is 1.46. The summed E-state index contributed by atoms with van der Waals surface area (Å²) in [5.41, 5.74) is 5.21. The van der Waals surface area contributed by atoms with E-state index in [1.165, 1.54) is 0 Å². The minimum absolute atomic E-state index is 0.740. The van der Waals surface area contributed by atoms with E-state index in [0.29, 0.717) is 0 Å². The number of benzene rings is 3. The lowest BCUT2D eigenvalue weighted by molar-refractivity contribution is 0.751. The van der Waals surface area contributed by atoms with E-state index < -0.39 is 0 Å². The normalized spacial score (nSPS) is 11.1. The predicted octanol–water partition coefficient (Wildman–Crippen LogP) is 5.48. The number of rotatable bonds is 5. The Morgan fingerprint density at radius 2 is 1.33 bits per heavy atom. The number of para-hydroxylation sites is 1. The van der Waals surface area contributed by atoms with Crippen molar-refractivity contribution in [3.05, 3.63) is 103 Å². The summed E-state index contributed by atoms with van der Waals surface area (Å²) < 4.78 is 2.10. The average Bonchev–Trinajstić information content (AvgIpc) is 3.19. The Bertz CT molecular complexity index is 1290. The van der Waals surface area contributed by atoms with Gasteiger partial charge in [-0.2, -0.15) is 0 Å². The summed E-state index contributed by atoms with van der Waals surface area (Å²) in [6.45, 7) is 0. The third kappa shape index (κ3) is 3.60. The highest BCUT2D eigenvalue weighted by molar-refractivity contribution is 5.92. The third-order valence-corrected chi connectivity index (χ3v) is 5.31. The molecule has 0 radical (unpaired) electrons. The van der Waals surface area contributed by atoms with Crippen molar-refractivity contribution in [2.45, 2.75) is 12.8 Å². The lowest BCUT2D eigenvalue weighted by Crippen LogP contribution is -2.04. The van der Waals surface area contributed by atoms with Crippen molar-refractivity contribution in [1.29, 1.82) is 0 Å². The molecule has 0 N–H and O–H groups in total. The molecule has 0 amide bonds. The Labute approximate surface area is 175 Å². The average molecular weight is 390 g/mol. The zero-order valence-corrected chi connectivity index (χ0v) is 16.9. The summed E-state index contributed by atoms with van der Waals surface area (Å²) in [7, 11) is 2.05. The molecule has 3 aromatic carbocycles. The maximum absolute atomic E-state index is 4.93. The molecule has 0 aliphatic carbocycles. The highest BCUT2D eigenvalue weighted by Gasteiger charge is 2.12. The first kappa shape index (κ1) is 18.3. The molecule has 2 heterocycles. The first-order chi connectivity index (χ1) is 14.8. The van der Waals surface area contributed by atoms with Crippen LogP contribution in [0.3, 0.4) is 0 Å². The van der Waals surface area contributed by atoms with Crippen LogP contribution in [0.25, 0.3) is 33.4 Å². The quantitative estimate of drug-likeness (QED) is 0.399. The van der Waals surface area contributed by atoms with Gasteiger partial charge in [-0.05, 0) is 6.07 Å². The number of aromatic nitrogens is 4. The molecule has 0 atom stereocenters. The molecule has 4 heteroatoms. The molecule has 0 saturated heterocycles. The lowest BCUT2D eigenvalue weighted by Gasteiger charge is -2.09. The summed E-state index contributed by atoms with van der Waals surface area (Å²) in [6, 6.07) is 28.8. The van der Waals surface area contributed by atoms with Crippen LogP contribution in [0.1, 0.15) is 11.6 Å². The van der Waals surface area contributed by atoms with E-state index in [0.717, 1.165) is 57.9 Å². The molecule has 0 saturated carbocycles. The van der Waals surface area contributed by atoms with Gasteiger partial charge in [0.1, 0.15) is 11.6 Å². The van der Waals surface area contributed by atoms with Gasteiger partial charge in [-0.25, -0.2) is 15.0 Å². The lowest BCUT2D eigenvalue weighted by atomic mass is 10.1. The molecule has 0 bridgehead atoms. The summed E-state index contributed by atoms with van der Waals surface area (Å²) in [6.07, 6.45) is 3.61. The van der Waals surface area contributed by atoms with Crippen LogP contribution in [0.4, 0.5) is 0 Å². The molecule has 0 spiro atoms. The minimum Gasteiger partial charge on any atom is -0.337 e. The number of nitrogens with zero attached hydrogens (tertiary/aromatic N) is 4. The van der Waals surface area contributed by atoms with Gasteiger partial charge in [-0.15, -0.1) is 0 Å². The van der Waals surface area contributed by atoms with Crippen molar-refractivity contribution in [3.63, 3.8) is 0 Å². The molecule has 5 aromatic rings. The zero-order valence-electron chi connectivity index (χ0n) is 16.9. The van der Waals surface area contributed by atoms with Crippen molar-refractivity contribution >= 4 is 10.9 Å². The summed E-state index contributed by atoms with van der Waals surface area (Å²) in [5, 5.41) is 1.08. The zero-order chi connectivity index (χ0) is 20.3. The van der Waals surface area contributed by atoms with Gasteiger partial charge in [0.2, 0.25) is 0 Å². The largest absolute Gasteiger partial charge is 0.337 e. The maximum atomic E-state index is 4.93. The molecule has 0 fully saturated rings. The van der Waals surface area contributed by atoms with Crippen molar-refractivity contribution in [3.8, 4) is 22.5 Å². The fourth-order valence-electron chi connectivity index (χ4n) is 3.76. The van der Waals surface area contributed by atoms with Gasteiger partial charge in [0.05, 0.1) is 16.9 Å². The Morgan fingerprint density at radius 3 is 2.10 bits per heavy atom. The SMILES string of the molecule is Cn1cc(-c2ccccc2)nc1CCc1nc(-c2ccccc2)c2ccccc2n1. The third-order valence-electron chi connectivity index (χ3n) is 5.31. The second-order valence-electron chi connectivity index (χ2n) is 7.39. The molecule has 0 unspecified atom stereocenters. The monoisotopic (exact) mass is 390 g/mol. The van der Waals surface area contributed by atoms with E-state index in [4.69, 9.17) is 15.0 Å². The predicted molar refractivity (Wildman–Crippen MR) is 121 cm³/mol. The molecule has 0 aliphatic rings. The van der Waals surface area contributed by atoms with Gasteiger partial charge in [0.25, 0.3) is 0 Å². The van der Waals surface area contributed by atoms with Crippen molar-refractivity contribution in [2.24, 2.45) is 7.05 Å². The second-order valence-corrected chi connectivity index (χ2v) is 7.39. The van der Waals surface area contributed by atoms with E-state index in [9.17, 15) is 0 Å². The fraction of sp³-hybridized carbons (Fsp3) is 0.115. The Hall–Kier alpha value is -3.79. The molecule has 0 aliphatic heterocycles. The van der Waals surface area contributed by atoms with Crippen LogP contribution in [0.15, 0.2) is 91.1 Å². The Kier molecular flexibility index (Phi) is 4.81. The van der Waals surface area contributed by atoms with E-state index in [-0.39, 0.29) is 0 Å². The second kappa shape index (κ2) is 7.91. The van der Waals surface area contributed by atoms with Crippen LogP contribution in [0, 0.1) is 0 Å². The standard InChI is InChI=1S/C26H22N4/c1-30-18-23(19-10-4-2-5-11-19)28-25(30)17-16-24-27-22-15-9-8-14-21(22)26(29-24)20-12-6-3-7-13-20/h2-15,18H,16-17H2,1H3. The fourth-order valence-corrected chi connectivity index (χ4v) is 3.76. The number of fused-ring (bicyclic) bond motifs is 1. The van der Waals surface area contributed by atoms with Crippen LogP contribution in [0.2, 0.25) is 0 Å². The number of hydrogen-bond acceptors (Lipinski definition) is 3. The van der Waals surface area contributed by atoms with Gasteiger partial charge in [0, 0.05) is 42.6 Å². The first-order valence-electron chi connectivity index (χ1n) is 10.2. The van der Waals surface area contributed by atoms with Crippen LogP contribution >= 0.6 is 0 Å². The summed E-state index contributed by atoms with van der Waals surface area (Å²) in [4.78, 5) is 14.6. The van der Waals surface area contributed by atoms with Gasteiger partial charge in [0.15, 0.2) is 0 Å². The summed E-state index contributed by atoms with van der Waals surface area (Å²) in [5.74, 6) is 1.88. The van der Waals surface area contributed by atoms with E-state index in [2.05, 4.69) is 47.2 Å².